The van der Waals surface area contributed by atoms with E-state index in [0.29, 0.717) is 24.9 Å². The van der Waals surface area contributed by atoms with Crippen LogP contribution in [-0.4, -0.2) is 36.3 Å². The summed E-state index contributed by atoms with van der Waals surface area (Å²) in [5.41, 5.74) is 3.36. The summed E-state index contributed by atoms with van der Waals surface area (Å²) < 4.78 is 4.97. The van der Waals surface area contributed by atoms with E-state index in [1.807, 2.05) is 18.2 Å². The van der Waals surface area contributed by atoms with E-state index in [2.05, 4.69) is 70.6 Å². The van der Waals surface area contributed by atoms with Crippen molar-refractivity contribution >= 4 is 29.2 Å². The lowest BCUT2D eigenvalue weighted by molar-refractivity contribution is 0.181. The average molecular weight is 389 g/mol. The number of anilines is 4. The van der Waals surface area contributed by atoms with Crippen LogP contribution in [0.3, 0.4) is 0 Å². The molecule has 148 valence electrons. The lowest BCUT2D eigenvalue weighted by Gasteiger charge is -2.21. The van der Waals surface area contributed by atoms with Crippen molar-refractivity contribution in [1.82, 2.24) is 9.97 Å². The highest BCUT2D eigenvalue weighted by Crippen LogP contribution is 2.26. The summed E-state index contributed by atoms with van der Waals surface area (Å²) in [6.45, 7) is 2.93. The van der Waals surface area contributed by atoms with Crippen molar-refractivity contribution in [3.8, 4) is 0 Å². The number of nitrogens with one attached hydrogen (secondary N) is 1. The maximum atomic E-state index is 11.7. The second-order valence-electron chi connectivity index (χ2n) is 6.86. The van der Waals surface area contributed by atoms with E-state index in [0.717, 1.165) is 16.9 Å². The molecule has 2 heterocycles. The van der Waals surface area contributed by atoms with Crippen molar-refractivity contribution in [1.29, 1.82) is 0 Å². The third-order valence-corrected chi connectivity index (χ3v) is 4.95. The Morgan fingerprint density at radius 2 is 1.79 bits per heavy atom. The number of ether oxygens (including phenoxy) is 1. The van der Waals surface area contributed by atoms with Gasteiger partial charge in [0, 0.05) is 24.6 Å². The quantitative estimate of drug-likeness (QED) is 0.675. The fourth-order valence-electron chi connectivity index (χ4n) is 3.23. The van der Waals surface area contributed by atoms with E-state index >= 15 is 0 Å². The van der Waals surface area contributed by atoms with Crippen molar-refractivity contribution in [2.75, 3.05) is 35.3 Å². The fourth-order valence-corrected chi connectivity index (χ4v) is 3.23. The molecule has 1 aliphatic heterocycles. The standard InChI is InChI=1S/C22H23N5O2/c1-16(24-21-23-13-12-20(25-21)27-14-15-29-22(27)28)17-8-10-19(11-9-17)26(2)18-6-4-3-5-7-18/h3-13,16H,14-15H2,1-2H3,(H,23,24,25). The van der Waals surface area contributed by atoms with Gasteiger partial charge in [-0.05, 0) is 42.8 Å². The Morgan fingerprint density at radius 3 is 2.48 bits per heavy atom. The number of carbonyl (C=O) groups is 1. The zero-order chi connectivity index (χ0) is 20.2. The lowest BCUT2D eigenvalue weighted by Crippen LogP contribution is -2.25. The van der Waals surface area contributed by atoms with E-state index in [-0.39, 0.29) is 12.1 Å². The summed E-state index contributed by atoms with van der Waals surface area (Å²) in [5, 5.41) is 3.30. The molecule has 29 heavy (non-hydrogen) atoms. The molecule has 4 rings (SSSR count). The number of amides is 1. The first kappa shape index (κ1) is 18.7. The van der Waals surface area contributed by atoms with Crippen LogP contribution in [-0.2, 0) is 4.74 Å². The molecule has 7 nitrogen and oxygen atoms in total. The summed E-state index contributed by atoms with van der Waals surface area (Å²) in [4.78, 5) is 24.1. The smallest absolute Gasteiger partial charge is 0.415 e. The molecule has 1 saturated heterocycles. The first-order chi connectivity index (χ1) is 14.1. The molecule has 1 aliphatic rings. The van der Waals surface area contributed by atoms with Gasteiger partial charge in [0.15, 0.2) is 0 Å². The number of cyclic esters (lactones) is 1. The van der Waals surface area contributed by atoms with Crippen LogP contribution in [0.2, 0.25) is 0 Å². The van der Waals surface area contributed by atoms with Crippen LogP contribution in [0.15, 0.2) is 66.9 Å². The predicted octanol–water partition coefficient (Wildman–Crippen LogP) is 4.37. The summed E-state index contributed by atoms with van der Waals surface area (Å²) in [6.07, 6.45) is 1.27. The van der Waals surface area contributed by atoms with E-state index in [4.69, 9.17) is 4.74 Å². The van der Waals surface area contributed by atoms with Gasteiger partial charge in [0.05, 0.1) is 12.6 Å². The Balaban J connectivity index is 1.45. The van der Waals surface area contributed by atoms with Gasteiger partial charge in [-0.1, -0.05) is 30.3 Å². The number of carbonyl (C=O) groups excluding carboxylic acids is 1. The summed E-state index contributed by atoms with van der Waals surface area (Å²) in [5.74, 6) is 1.01. The highest BCUT2D eigenvalue weighted by Gasteiger charge is 2.25. The van der Waals surface area contributed by atoms with Crippen LogP contribution in [0, 0.1) is 0 Å². The molecule has 1 aromatic heterocycles. The minimum absolute atomic E-state index is 0.00635. The molecule has 0 bridgehead atoms. The number of hydrogen-bond donors (Lipinski definition) is 1. The Hall–Kier alpha value is -3.61. The minimum atomic E-state index is -0.374. The second kappa shape index (κ2) is 8.18. The Kier molecular flexibility index (Phi) is 5.29. The first-order valence-electron chi connectivity index (χ1n) is 9.54. The average Bonchev–Trinajstić information content (AvgIpc) is 3.20. The van der Waals surface area contributed by atoms with E-state index in [9.17, 15) is 4.79 Å². The highest BCUT2D eigenvalue weighted by atomic mass is 16.6. The van der Waals surface area contributed by atoms with Gasteiger partial charge in [0.1, 0.15) is 12.4 Å². The molecule has 0 aliphatic carbocycles. The topological polar surface area (TPSA) is 70.6 Å². The summed E-state index contributed by atoms with van der Waals surface area (Å²) in [6, 6.07) is 20.3. The van der Waals surface area contributed by atoms with Gasteiger partial charge >= 0.3 is 6.09 Å². The lowest BCUT2D eigenvalue weighted by atomic mass is 10.1. The van der Waals surface area contributed by atoms with Gasteiger partial charge in [-0.15, -0.1) is 0 Å². The van der Waals surface area contributed by atoms with E-state index < -0.39 is 0 Å². The first-order valence-corrected chi connectivity index (χ1v) is 9.54. The number of nitrogens with zero attached hydrogens (tertiary/aromatic N) is 4. The molecule has 0 spiro atoms. The number of hydrogen-bond acceptors (Lipinski definition) is 6. The van der Waals surface area contributed by atoms with E-state index in [1.165, 1.54) is 4.90 Å². The van der Waals surface area contributed by atoms with Crippen LogP contribution in [0.4, 0.5) is 27.9 Å². The molecule has 1 unspecified atom stereocenters. The molecule has 0 saturated carbocycles. The predicted molar refractivity (Wildman–Crippen MR) is 114 cm³/mol. The number of aromatic nitrogens is 2. The van der Waals surface area contributed by atoms with Crippen molar-refractivity contribution in [2.45, 2.75) is 13.0 Å². The molecule has 1 amide bonds. The van der Waals surface area contributed by atoms with Crippen LogP contribution >= 0.6 is 0 Å². The molecule has 1 atom stereocenters. The number of rotatable bonds is 6. The zero-order valence-electron chi connectivity index (χ0n) is 16.4. The SMILES string of the molecule is CC(Nc1nccc(N2CCOC2=O)n1)c1ccc(N(C)c2ccccc2)cc1. The van der Waals surface area contributed by atoms with Gasteiger partial charge in [-0.25, -0.2) is 9.78 Å². The van der Waals surface area contributed by atoms with Gasteiger partial charge < -0.3 is 15.0 Å². The van der Waals surface area contributed by atoms with Crippen LogP contribution in [0.25, 0.3) is 0 Å². The van der Waals surface area contributed by atoms with E-state index in [1.54, 1.807) is 12.3 Å². The van der Waals surface area contributed by atoms with Crippen molar-refractivity contribution in [3.63, 3.8) is 0 Å². The molecule has 1 N–H and O–H groups in total. The maximum absolute atomic E-state index is 11.7. The van der Waals surface area contributed by atoms with Gasteiger partial charge in [0.2, 0.25) is 5.95 Å². The maximum Gasteiger partial charge on any atom is 0.415 e. The van der Waals surface area contributed by atoms with Crippen molar-refractivity contribution in [3.05, 3.63) is 72.4 Å². The Morgan fingerprint density at radius 1 is 1.07 bits per heavy atom. The summed E-state index contributed by atoms with van der Waals surface area (Å²) in [7, 11) is 2.05. The van der Waals surface area contributed by atoms with Gasteiger partial charge in [-0.2, -0.15) is 4.98 Å². The molecule has 0 radical (unpaired) electrons. The van der Waals surface area contributed by atoms with Crippen LogP contribution in [0.5, 0.6) is 0 Å². The second-order valence-corrected chi connectivity index (χ2v) is 6.86. The third kappa shape index (κ3) is 4.13. The molecule has 3 aromatic rings. The molecule has 7 heteroatoms. The van der Waals surface area contributed by atoms with Crippen LogP contribution < -0.4 is 15.1 Å². The van der Waals surface area contributed by atoms with Crippen molar-refractivity contribution in [2.24, 2.45) is 0 Å². The number of para-hydroxylation sites is 1. The largest absolute Gasteiger partial charge is 0.447 e. The van der Waals surface area contributed by atoms with Crippen molar-refractivity contribution < 1.29 is 9.53 Å². The number of benzene rings is 2. The highest BCUT2D eigenvalue weighted by molar-refractivity contribution is 5.88. The Bertz CT molecular complexity index is 978. The molecular formula is C22H23N5O2. The normalized spacial score (nSPS) is 14.4. The monoisotopic (exact) mass is 389 g/mol. The zero-order valence-corrected chi connectivity index (χ0v) is 16.4. The van der Waals surface area contributed by atoms with Crippen LogP contribution in [0.1, 0.15) is 18.5 Å². The summed E-state index contributed by atoms with van der Waals surface area (Å²) >= 11 is 0. The minimum Gasteiger partial charge on any atom is -0.447 e. The van der Waals surface area contributed by atoms with Gasteiger partial charge in [-0.3, -0.25) is 4.90 Å². The molecule has 1 fully saturated rings. The molecular weight excluding hydrogens is 366 g/mol. The molecule has 2 aromatic carbocycles. The Labute approximate surface area is 170 Å². The third-order valence-electron chi connectivity index (χ3n) is 4.95. The van der Waals surface area contributed by atoms with Gasteiger partial charge in [0.25, 0.3) is 0 Å². The fraction of sp³-hybridized carbons (Fsp3) is 0.227.